The molecule has 180 valence electrons. The molecule has 2 nitrogen and oxygen atoms in total. The van der Waals surface area contributed by atoms with Gasteiger partial charge >= 0.3 is 0 Å². The molecule has 4 rings (SSSR count). The van der Waals surface area contributed by atoms with Crippen molar-refractivity contribution in [2.24, 2.45) is 5.92 Å². The highest BCUT2D eigenvalue weighted by molar-refractivity contribution is 5.32. The maximum Gasteiger partial charge on any atom is 0.165 e. The van der Waals surface area contributed by atoms with E-state index in [0.29, 0.717) is 17.0 Å². The van der Waals surface area contributed by atoms with E-state index >= 15 is 8.78 Å². The number of halogens is 3. The minimum absolute atomic E-state index is 0.0764. The van der Waals surface area contributed by atoms with E-state index in [0.717, 1.165) is 69.8 Å². The molecule has 0 saturated heterocycles. The van der Waals surface area contributed by atoms with Gasteiger partial charge in [0.25, 0.3) is 0 Å². The fourth-order valence-electron chi connectivity index (χ4n) is 5.82. The third kappa shape index (κ3) is 5.56. The Morgan fingerprint density at radius 2 is 1.33 bits per heavy atom. The number of rotatable bonds is 7. The summed E-state index contributed by atoms with van der Waals surface area (Å²) in [5, 5.41) is 0. The molecule has 2 aromatic rings. The highest BCUT2D eigenvalue weighted by Crippen LogP contribution is 2.41. The Kier molecular flexibility index (Phi) is 8.00. The van der Waals surface area contributed by atoms with Gasteiger partial charge in [-0.15, -0.1) is 0 Å². The van der Waals surface area contributed by atoms with Gasteiger partial charge in [0.15, 0.2) is 23.2 Å². The van der Waals surface area contributed by atoms with Gasteiger partial charge in [-0.3, -0.25) is 0 Å². The molecule has 0 spiro atoms. The van der Waals surface area contributed by atoms with Crippen molar-refractivity contribution >= 4 is 0 Å². The van der Waals surface area contributed by atoms with Crippen molar-refractivity contribution < 1.29 is 22.6 Å². The Balaban J connectivity index is 1.32. The van der Waals surface area contributed by atoms with Gasteiger partial charge in [-0.25, -0.2) is 13.2 Å². The van der Waals surface area contributed by atoms with Gasteiger partial charge in [-0.1, -0.05) is 18.2 Å². The largest absolute Gasteiger partial charge is 0.494 e. The minimum atomic E-state index is -0.642. The molecule has 2 saturated carbocycles. The van der Waals surface area contributed by atoms with E-state index in [4.69, 9.17) is 9.47 Å². The smallest absolute Gasteiger partial charge is 0.165 e. The van der Waals surface area contributed by atoms with Crippen LogP contribution in [0.4, 0.5) is 13.2 Å². The van der Waals surface area contributed by atoms with Crippen LogP contribution in [0.5, 0.6) is 5.75 Å². The zero-order valence-electron chi connectivity index (χ0n) is 19.7. The molecular formula is C28H35F3O2. The summed E-state index contributed by atoms with van der Waals surface area (Å²) in [5.74, 6) is -0.648. The lowest BCUT2D eigenvalue weighted by molar-refractivity contribution is 0.0655. The predicted octanol–water partition coefficient (Wildman–Crippen LogP) is 7.69. The minimum Gasteiger partial charge on any atom is -0.494 e. The first-order valence-electron chi connectivity index (χ1n) is 12.3. The van der Waals surface area contributed by atoms with Crippen LogP contribution in [-0.4, -0.2) is 20.3 Å². The first-order valence-corrected chi connectivity index (χ1v) is 12.3. The summed E-state index contributed by atoms with van der Waals surface area (Å²) in [6.45, 7) is 0. The van der Waals surface area contributed by atoms with Crippen LogP contribution in [-0.2, 0) is 11.2 Å². The van der Waals surface area contributed by atoms with Crippen molar-refractivity contribution in [3.05, 3.63) is 64.5 Å². The summed E-state index contributed by atoms with van der Waals surface area (Å²) in [4.78, 5) is 0. The molecule has 33 heavy (non-hydrogen) atoms. The van der Waals surface area contributed by atoms with Gasteiger partial charge in [-0.2, -0.15) is 0 Å². The summed E-state index contributed by atoms with van der Waals surface area (Å²) in [5.41, 5.74) is 2.04. The quantitative estimate of drug-likeness (QED) is 0.422. The summed E-state index contributed by atoms with van der Waals surface area (Å²) in [6.07, 6.45) is 9.26. The Morgan fingerprint density at radius 1 is 0.758 bits per heavy atom. The van der Waals surface area contributed by atoms with E-state index in [9.17, 15) is 4.39 Å². The van der Waals surface area contributed by atoms with E-state index in [1.165, 1.54) is 7.11 Å². The van der Waals surface area contributed by atoms with Gasteiger partial charge in [0.2, 0.25) is 0 Å². The predicted molar refractivity (Wildman–Crippen MR) is 124 cm³/mol. The Bertz CT molecular complexity index is 929. The van der Waals surface area contributed by atoms with E-state index in [1.807, 2.05) is 18.2 Å². The SMILES string of the molecule is COc1ccc(CCC2CCC(c3ccc(C4CCC(OC)CC4)c(F)c3F)CC2)cc1F. The second-order valence-electron chi connectivity index (χ2n) is 9.81. The van der Waals surface area contributed by atoms with Crippen molar-refractivity contribution in [2.75, 3.05) is 14.2 Å². The second kappa shape index (κ2) is 10.9. The molecule has 0 amide bonds. The van der Waals surface area contributed by atoms with Gasteiger partial charge in [0.1, 0.15) is 0 Å². The monoisotopic (exact) mass is 460 g/mol. The molecule has 2 fully saturated rings. The Hall–Kier alpha value is -2.01. The standard InChI is InChI=1S/C28H35F3O2/c1-32-22-12-10-21(11-13-22)24-15-14-23(27(30)28(24)31)20-8-5-18(6-9-20)3-4-19-7-16-26(33-2)25(29)17-19/h7,14-18,20-22H,3-6,8-13H2,1-2H3. The molecule has 0 unspecified atom stereocenters. The van der Waals surface area contributed by atoms with E-state index in [1.54, 1.807) is 19.2 Å². The second-order valence-corrected chi connectivity index (χ2v) is 9.81. The molecular weight excluding hydrogens is 425 g/mol. The summed E-state index contributed by atoms with van der Waals surface area (Å²) in [6, 6.07) is 8.80. The van der Waals surface area contributed by atoms with E-state index in [-0.39, 0.29) is 29.5 Å². The first kappa shape index (κ1) is 24.1. The number of hydrogen-bond donors (Lipinski definition) is 0. The molecule has 2 aromatic carbocycles. The Labute approximate surface area is 195 Å². The summed E-state index contributed by atoms with van der Waals surface area (Å²) < 4.78 is 54.4. The molecule has 2 aliphatic rings. The van der Waals surface area contributed by atoms with Crippen molar-refractivity contribution in [3.8, 4) is 5.75 Å². The molecule has 0 atom stereocenters. The third-order valence-corrected chi connectivity index (χ3v) is 7.93. The molecule has 0 heterocycles. The fourth-order valence-corrected chi connectivity index (χ4v) is 5.82. The zero-order valence-corrected chi connectivity index (χ0v) is 19.7. The maximum absolute atomic E-state index is 15.1. The Morgan fingerprint density at radius 3 is 1.85 bits per heavy atom. The van der Waals surface area contributed by atoms with Crippen LogP contribution in [0.15, 0.2) is 30.3 Å². The van der Waals surface area contributed by atoms with Crippen molar-refractivity contribution in [1.29, 1.82) is 0 Å². The van der Waals surface area contributed by atoms with Crippen LogP contribution < -0.4 is 4.74 Å². The zero-order chi connectivity index (χ0) is 23.4. The van der Waals surface area contributed by atoms with Gasteiger partial charge in [0, 0.05) is 7.11 Å². The van der Waals surface area contributed by atoms with Gasteiger partial charge < -0.3 is 9.47 Å². The van der Waals surface area contributed by atoms with Crippen LogP contribution in [0.2, 0.25) is 0 Å². The van der Waals surface area contributed by atoms with Crippen LogP contribution in [0, 0.1) is 23.4 Å². The highest BCUT2D eigenvalue weighted by Gasteiger charge is 2.29. The summed E-state index contributed by atoms with van der Waals surface area (Å²) >= 11 is 0. The molecule has 0 aliphatic heterocycles. The molecule has 0 N–H and O–H groups in total. The van der Waals surface area contributed by atoms with Crippen LogP contribution in [0.1, 0.15) is 86.3 Å². The molecule has 0 radical (unpaired) electrons. The third-order valence-electron chi connectivity index (χ3n) is 7.93. The highest BCUT2D eigenvalue weighted by atomic mass is 19.2. The first-order chi connectivity index (χ1) is 16.0. The number of hydrogen-bond acceptors (Lipinski definition) is 2. The van der Waals surface area contributed by atoms with Crippen molar-refractivity contribution in [1.82, 2.24) is 0 Å². The number of benzene rings is 2. The van der Waals surface area contributed by atoms with Crippen molar-refractivity contribution in [2.45, 2.75) is 82.1 Å². The molecule has 2 aliphatic carbocycles. The molecule has 0 aromatic heterocycles. The van der Waals surface area contributed by atoms with Crippen LogP contribution in [0.3, 0.4) is 0 Å². The molecule has 0 bridgehead atoms. The van der Waals surface area contributed by atoms with Gasteiger partial charge in [0.05, 0.1) is 13.2 Å². The topological polar surface area (TPSA) is 18.5 Å². The molecule has 5 heteroatoms. The lowest BCUT2D eigenvalue weighted by Crippen LogP contribution is -2.20. The fraction of sp³-hybridized carbons (Fsp3) is 0.571. The summed E-state index contributed by atoms with van der Waals surface area (Å²) in [7, 11) is 3.18. The maximum atomic E-state index is 15.1. The average Bonchev–Trinajstić information content (AvgIpc) is 2.85. The van der Waals surface area contributed by atoms with E-state index < -0.39 is 11.6 Å². The van der Waals surface area contributed by atoms with Crippen LogP contribution >= 0.6 is 0 Å². The lowest BCUT2D eigenvalue weighted by Gasteiger charge is -2.31. The average molecular weight is 461 g/mol. The van der Waals surface area contributed by atoms with Crippen molar-refractivity contribution in [3.63, 3.8) is 0 Å². The number of methoxy groups -OCH3 is 2. The number of ether oxygens (including phenoxy) is 2. The van der Waals surface area contributed by atoms with Crippen LogP contribution in [0.25, 0.3) is 0 Å². The number of aryl methyl sites for hydroxylation is 1. The van der Waals surface area contributed by atoms with E-state index in [2.05, 4.69) is 0 Å². The lowest BCUT2D eigenvalue weighted by atomic mass is 9.76. The van der Waals surface area contributed by atoms with Gasteiger partial charge in [-0.05, 0) is 111 Å². The normalized spacial score (nSPS) is 25.7.